The van der Waals surface area contributed by atoms with Gasteiger partial charge >= 0.3 is 0 Å². The summed E-state index contributed by atoms with van der Waals surface area (Å²) in [6.07, 6.45) is 23.2. The minimum absolute atomic E-state index is 0.328. The Morgan fingerprint density at radius 1 is 0.950 bits per heavy atom. The van der Waals surface area contributed by atoms with Crippen molar-refractivity contribution in [2.24, 2.45) is 17.3 Å². The molecule has 0 aromatic heterocycles. The van der Waals surface area contributed by atoms with E-state index in [0.717, 1.165) is 49.2 Å². The first-order valence-corrected chi connectivity index (χ1v) is 17.1. The Morgan fingerprint density at radius 3 is 1.98 bits per heavy atom. The average molecular weight is 560 g/mol. The number of hydrogen-bond donors (Lipinski definition) is 0. The van der Waals surface area contributed by atoms with Crippen molar-refractivity contribution in [3.63, 3.8) is 0 Å². The van der Waals surface area contributed by atoms with Crippen molar-refractivity contribution in [1.82, 2.24) is 4.90 Å². The highest BCUT2D eigenvalue weighted by Gasteiger charge is 2.45. The van der Waals surface area contributed by atoms with E-state index in [9.17, 15) is 0 Å². The molecular formula is C38H73NO. The second-order valence-corrected chi connectivity index (χ2v) is 10.1. The Kier molecular flexibility index (Phi) is 31.1. The monoisotopic (exact) mass is 560 g/mol. The van der Waals surface area contributed by atoms with Gasteiger partial charge in [0.25, 0.3) is 0 Å². The fourth-order valence-corrected chi connectivity index (χ4v) is 6.16. The van der Waals surface area contributed by atoms with Gasteiger partial charge in [-0.25, -0.2) is 0 Å². The maximum Gasteiger partial charge on any atom is 0.0928 e. The molecule has 0 bridgehead atoms. The third-order valence-corrected chi connectivity index (χ3v) is 7.85. The predicted molar refractivity (Wildman–Crippen MR) is 186 cm³/mol. The number of ether oxygens (including phenoxy) is 1. The smallest absolute Gasteiger partial charge is 0.0928 e. The van der Waals surface area contributed by atoms with Gasteiger partial charge in [0, 0.05) is 12.0 Å². The summed E-state index contributed by atoms with van der Waals surface area (Å²) < 4.78 is 5.92. The van der Waals surface area contributed by atoms with Crippen molar-refractivity contribution in [2.45, 2.75) is 141 Å². The maximum absolute atomic E-state index is 5.92. The lowest BCUT2D eigenvalue weighted by molar-refractivity contribution is 0.0403. The molecule has 1 rings (SSSR count). The van der Waals surface area contributed by atoms with Crippen LogP contribution in [0.2, 0.25) is 0 Å². The first-order chi connectivity index (χ1) is 19.4. The normalized spacial score (nSPS) is 16.7. The van der Waals surface area contributed by atoms with Gasteiger partial charge in [0.05, 0.1) is 12.4 Å². The highest BCUT2D eigenvalue weighted by atomic mass is 16.5. The molecule has 0 aromatic carbocycles. The number of hydrogen-bond acceptors (Lipinski definition) is 2. The Balaban J connectivity index is -0.00000213. The van der Waals surface area contributed by atoms with Crippen LogP contribution in [-0.4, -0.2) is 31.1 Å². The van der Waals surface area contributed by atoms with Crippen LogP contribution in [0.3, 0.4) is 0 Å². The van der Waals surface area contributed by atoms with Crippen molar-refractivity contribution in [1.29, 1.82) is 0 Å². The van der Waals surface area contributed by atoms with Crippen LogP contribution in [0.25, 0.3) is 0 Å². The summed E-state index contributed by atoms with van der Waals surface area (Å²) in [6, 6.07) is 0. The zero-order valence-corrected chi connectivity index (χ0v) is 29.7. The van der Waals surface area contributed by atoms with Crippen molar-refractivity contribution in [2.75, 3.05) is 26.2 Å². The fraction of sp³-hybridized carbons (Fsp3) is 0.737. The molecule has 236 valence electrons. The molecule has 1 aliphatic rings. The molecule has 1 aliphatic heterocycles. The molecular weight excluding hydrogens is 486 g/mol. The number of piperidine rings is 1. The second-order valence-electron chi connectivity index (χ2n) is 10.1. The third kappa shape index (κ3) is 15.5. The molecule has 1 heterocycles. The molecule has 0 aliphatic carbocycles. The van der Waals surface area contributed by atoms with E-state index in [-0.39, 0.29) is 0 Å². The number of allylic oxidation sites excluding steroid dienone is 9. The summed E-state index contributed by atoms with van der Waals surface area (Å²) in [7, 11) is 0. The number of likely N-dealkylation sites (tertiary alicyclic amines) is 1. The molecule has 1 atom stereocenters. The molecule has 0 N–H and O–H groups in total. The first kappa shape index (κ1) is 42.9. The molecule has 0 amide bonds. The minimum Gasteiger partial charge on any atom is -0.498 e. The summed E-state index contributed by atoms with van der Waals surface area (Å²) in [5, 5.41) is 0. The van der Waals surface area contributed by atoms with Crippen LogP contribution >= 0.6 is 0 Å². The second kappa shape index (κ2) is 29.0. The van der Waals surface area contributed by atoms with Gasteiger partial charge < -0.3 is 9.64 Å². The zero-order chi connectivity index (χ0) is 31.4. The quantitative estimate of drug-likeness (QED) is 0.106. The zero-order valence-electron chi connectivity index (χ0n) is 29.7. The largest absolute Gasteiger partial charge is 0.498 e. The van der Waals surface area contributed by atoms with Crippen molar-refractivity contribution in [3.8, 4) is 0 Å². The Morgan fingerprint density at radius 2 is 1.52 bits per heavy atom. The lowest BCUT2D eigenvalue weighted by atomic mass is 9.56. The molecule has 0 saturated carbocycles. The van der Waals surface area contributed by atoms with Gasteiger partial charge in [-0.15, -0.1) is 0 Å². The molecule has 0 spiro atoms. The summed E-state index contributed by atoms with van der Waals surface area (Å²) >= 11 is 0. The van der Waals surface area contributed by atoms with Gasteiger partial charge in [-0.2, -0.15) is 0 Å². The molecule has 0 radical (unpaired) electrons. The van der Waals surface area contributed by atoms with Gasteiger partial charge in [-0.1, -0.05) is 131 Å². The summed E-state index contributed by atoms with van der Waals surface area (Å²) in [5.41, 5.74) is 3.11. The summed E-state index contributed by atoms with van der Waals surface area (Å²) in [6.45, 7) is 36.0. The predicted octanol–water partition coefficient (Wildman–Crippen LogP) is 12.4. The van der Waals surface area contributed by atoms with Crippen LogP contribution in [0.5, 0.6) is 0 Å². The molecule has 2 nitrogen and oxygen atoms in total. The minimum atomic E-state index is 0.328. The topological polar surface area (TPSA) is 12.5 Å². The highest BCUT2D eigenvalue weighted by molar-refractivity contribution is 5.30. The Hall–Kier alpha value is -1.54. The van der Waals surface area contributed by atoms with E-state index in [2.05, 4.69) is 77.3 Å². The number of rotatable bonds is 16. The van der Waals surface area contributed by atoms with Crippen LogP contribution in [0, 0.1) is 17.3 Å². The van der Waals surface area contributed by atoms with E-state index in [0.29, 0.717) is 5.41 Å². The van der Waals surface area contributed by atoms with Crippen LogP contribution < -0.4 is 0 Å². The SMILES string of the molecule is C=C/C(C)=C\C=C(/C)OCCCN1CCC(C(CCC)(C(/C=C\C)=C/CC)C(CC)CC)CC1.CC.CC.CC. The van der Waals surface area contributed by atoms with Crippen LogP contribution in [-0.2, 0) is 4.74 Å². The molecule has 1 saturated heterocycles. The summed E-state index contributed by atoms with van der Waals surface area (Å²) in [5.74, 6) is 2.53. The molecule has 1 fully saturated rings. The van der Waals surface area contributed by atoms with Crippen molar-refractivity contribution >= 4 is 0 Å². The molecule has 0 aromatic rings. The number of nitrogens with zero attached hydrogens (tertiary/aromatic N) is 1. The average Bonchev–Trinajstić information content (AvgIpc) is 3.01. The lowest BCUT2D eigenvalue weighted by Gasteiger charge is -2.51. The van der Waals surface area contributed by atoms with Crippen molar-refractivity contribution < 1.29 is 4.74 Å². The van der Waals surface area contributed by atoms with Gasteiger partial charge in [0.2, 0.25) is 0 Å². The fourth-order valence-electron chi connectivity index (χ4n) is 6.16. The highest BCUT2D eigenvalue weighted by Crippen LogP contribution is 2.53. The van der Waals surface area contributed by atoms with E-state index in [4.69, 9.17) is 4.74 Å². The third-order valence-electron chi connectivity index (χ3n) is 7.85. The Bertz CT molecular complexity index is 686. The maximum atomic E-state index is 5.92. The lowest BCUT2D eigenvalue weighted by Crippen LogP contribution is -2.46. The molecule has 1 unspecified atom stereocenters. The van der Waals surface area contributed by atoms with Crippen LogP contribution in [0.4, 0.5) is 0 Å². The first-order valence-electron chi connectivity index (χ1n) is 17.1. The molecule has 40 heavy (non-hydrogen) atoms. The van der Waals surface area contributed by atoms with Gasteiger partial charge in [-0.05, 0) is 89.4 Å². The van der Waals surface area contributed by atoms with Gasteiger partial charge in [0.1, 0.15) is 0 Å². The van der Waals surface area contributed by atoms with Crippen LogP contribution in [0.15, 0.2) is 59.9 Å². The van der Waals surface area contributed by atoms with E-state index in [1.54, 1.807) is 5.57 Å². The standard InChI is InChI=1S/C32H55NO.3C2H6/c1-9-16-30(17-10-2)32(22-11-3,29(13-5)14-6)31-20-24-33(25-21-31)23-15-26-34-28(8)19-18-27(7)12-4;3*1-2/h9,12,16-19,29,31H,4,10-11,13-15,20-26H2,1-3,5-8H3;3*1-2H3/b16-9-,27-18-,28-19+,30-17+;;;. The van der Waals surface area contributed by atoms with E-state index < -0.39 is 0 Å². The van der Waals surface area contributed by atoms with E-state index in [1.165, 1.54) is 51.6 Å². The summed E-state index contributed by atoms with van der Waals surface area (Å²) in [4.78, 5) is 2.67. The van der Waals surface area contributed by atoms with Crippen molar-refractivity contribution in [3.05, 3.63) is 59.9 Å². The van der Waals surface area contributed by atoms with E-state index in [1.807, 2.05) is 60.6 Å². The Labute approximate surface area is 254 Å². The van der Waals surface area contributed by atoms with Gasteiger partial charge in [0.15, 0.2) is 0 Å². The molecule has 2 heteroatoms. The van der Waals surface area contributed by atoms with E-state index >= 15 is 0 Å². The van der Waals surface area contributed by atoms with Crippen LogP contribution in [0.1, 0.15) is 141 Å². The van der Waals surface area contributed by atoms with Gasteiger partial charge in [-0.3, -0.25) is 0 Å².